The molecule has 0 fully saturated rings. The van der Waals surface area contributed by atoms with Crippen molar-refractivity contribution in [3.63, 3.8) is 0 Å². The minimum atomic E-state index is -3.59. The van der Waals surface area contributed by atoms with E-state index in [9.17, 15) is 8.78 Å². The van der Waals surface area contributed by atoms with E-state index in [1.54, 1.807) is 13.8 Å². The number of ether oxygens (including phenoxy) is 2. The van der Waals surface area contributed by atoms with Crippen LogP contribution in [0.3, 0.4) is 0 Å². The van der Waals surface area contributed by atoms with Crippen molar-refractivity contribution in [2.24, 2.45) is 0 Å². The van der Waals surface area contributed by atoms with Gasteiger partial charge in [0.05, 0.1) is 0 Å². The molecule has 0 spiro atoms. The van der Waals surface area contributed by atoms with E-state index in [-0.39, 0.29) is 11.5 Å². The molecule has 0 aromatic heterocycles. The van der Waals surface area contributed by atoms with E-state index < -0.39 is 6.29 Å². The molecule has 0 N–H and O–H groups in total. The lowest BCUT2D eigenvalue weighted by molar-refractivity contribution is -0.335. The summed E-state index contributed by atoms with van der Waals surface area (Å²) in [4.78, 5) is 0. The summed E-state index contributed by atoms with van der Waals surface area (Å²) >= 11 is 0. The third-order valence-electron chi connectivity index (χ3n) is 1.42. The lowest BCUT2D eigenvalue weighted by Gasteiger charge is -2.07. The first-order valence-corrected chi connectivity index (χ1v) is 3.65. The summed E-state index contributed by atoms with van der Waals surface area (Å²) < 4.78 is 33.7. The summed E-state index contributed by atoms with van der Waals surface area (Å²) in [6, 6.07) is 0. The van der Waals surface area contributed by atoms with Gasteiger partial charge < -0.3 is 9.47 Å². The molecule has 0 bridgehead atoms. The van der Waals surface area contributed by atoms with Crippen LogP contribution in [0.25, 0.3) is 0 Å². The van der Waals surface area contributed by atoms with Crippen molar-refractivity contribution >= 4 is 0 Å². The van der Waals surface area contributed by atoms with Crippen molar-refractivity contribution in [1.82, 2.24) is 0 Å². The molecule has 1 aliphatic heterocycles. The fourth-order valence-electron chi connectivity index (χ4n) is 0.913. The fraction of sp³-hybridized carbons (Fsp3) is 0.333. The molecule has 0 saturated heterocycles. The molecule has 0 radical (unpaired) electrons. The average molecular weight is 188 g/mol. The fourth-order valence-corrected chi connectivity index (χ4v) is 0.913. The molecule has 0 aliphatic carbocycles. The van der Waals surface area contributed by atoms with Gasteiger partial charge in [-0.15, -0.1) is 8.78 Å². The molecule has 2 nitrogen and oxygen atoms in total. The van der Waals surface area contributed by atoms with E-state index in [0.717, 1.165) is 0 Å². The predicted octanol–water partition coefficient (Wildman–Crippen LogP) is 2.95. The smallest absolute Gasteiger partial charge is 0.395 e. The molecular formula is C9H10F2O2. The summed E-state index contributed by atoms with van der Waals surface area (Å²) in [5.74, 6) is -0.0602. The molecular weight excluding hydrogens is 178 g/mol. The van der Waals surface area contributed by atoms with Crippen LogP contribution in [0.15, 0.2) is 35.8 Å². The van der Waals surface area contributed by atoms with Gasteiger partial charge in [0.25, 0.3) is 0 Å². The zero-order valence-electron chi connectivity index (χ0n) is 7.49. The van der Waals surface area contributed by atoms with Gasteiger partial charge in [0, 0.05) is 0 Å². The van der Waals surface area contributed by atoms with Crippen LogP contribution in [-0.4, -0.2) is 6.29 Å². The number of rotatable bonds is 2. The second kappa shape index (κ2) is 2.87. The highest BCUT2D eigenvalue weighted by Gasteiger charge is 2.45. The average Bonchev–Trinajstić information content (AvgIpc) is 2.26. The molecule has 1 aliphatic rings. The maximum absolute atomic E-state index is 12.6. The Kier molecular flexibility index (Phi) is 2.15. The van der Waals surface area contributed by atoms with Crippen LogP contribution in [0.2, 0.25) is 0 Å². The molecule has 0 aromatic carbocycles. The van der Waals surface area contributed by atoms with Crippen LogP contribution in [0, 0.1) is 0 Å². The third kappa shape index (κ3) is 1.88. The quantitative estimate of drug-likeness (QED) is 0.663. The van der Waals surface area contributed by atoms with Gasteiger partial charge in [-0.2, -0.15) is 0 Å². The molecule has 0 unspecified atom stereocenters. The second-order valence-electron chi connectivity index (χ2n) is 2.89. The van der Waals surface area contributed by atoms with E-state index >= 15 is 0 Å². The monoisotopic (exact) mass is 188 g/mol. The van der Waals surface area contributed by atoms with Gasteiger partial charge in [0.2, 0.25) is 0 Å². The maximum atomic E-state index is 12.6. The van der Waals surface area contributed by atoms with Crippen molar-refractivity contribution in [3.8, 4) is 0 Å². The highest BCUT2D eigenvalue weighted by atomic mass is 19.3. The first kappa shape index (κ1) is 9.77. The van der Waals surface area contributed by atoms with E-state index in [1.807, 2.05) is 0 Å². The van der Waals surface area contributed by atoms with Crippen molar-refractivity contribution in [1.29, 1.82) is 0 Å². The first-order chi connectivity index (χ1) is 5.83. The van der Waals surface area contributed by atoms with E-state index in [4.69, 9.17) is 0 Å². The number of alkyl halides is 2. The van der Waals surface area contributed by atoms with Gasteiger partial charge in [-0.3, -0.25) is 0 Å². The van der Waals surface area contributed by atoms with Gasteiger partial charge in [-0.25, -0.2) is 0 Å². The SMILES string of the molecule is C=C(C)C1=C(C(=C)C)OC(F)(F)O1. The minimum Gasteiger partial charge on any atom is -0.395 e. The maximum Gasteiger partial charge on any atom is 0.586 e. The van der Waals surface area contributed by atoms with Crippen LogP contribution in [0.1, 0.15) is 13.8 Å². The predicted molar refractivity (Wildman–Crippen MR) is 43.8 cm³/mol. The summed E-state index contributed by atoms with van der Waals surface area (Å²) in [7, 11) is 0. The Morgan fingerprint density at radius 2 is 1.38 bits per heavy atom. The van der Waals surface area contributed by atoms with Gasteiger partial charge in [-0.05, 0) is 25.0 Å². The Balaban J connectivity index is 3.04. The largest absolute Gasteiger partial charge is 0.586 e. The lowest BCUT2D eigenvalue weighted by atomic mass is 10.2. The molecule has 0 saturated carbocycles. The summed E-state index contributed by atoms with van der Waals surface area (Å²) in [6.07, 6.45) is -3.59. The Morgan fingerprint density at radius 3 is 1.62 bits per heavy atom. The molecule has 0 amide bonds. The van der Waals surface area contributed by atoms with Gasteiger partial charge in [0.1, 0.15) is 0 Å². The molecule has 1 heterocycles. The van der Waals surface area contributed by atoms with Crippen LogP contribution in [0.4, 0.5) is 8.78 Å². The normalized spacial score (nSPS) is 19.4. The highest BCUT2D eigenvalue weighted by Crippen LogP contribution is 2.38. The zero-order valence-corrected chi connectivity index (χ0v) is 7.49. The molecule has 4 heteroatoms. The van der Waals surface area contributed by atoms with Crippen LogP contribution in [-0.2, 0) is 9.47 Å². The van der Waals surface area contributed by atoms with E-state index in [0.29, 0.717) is 11.1 Å². The van der Waals surface area contributed by atoms with E-state index in [2.05, 4.69) is 22.6 Å². The molecule has 13 heavy (non-hydrogen) atoms. The minimum absolute atomic E-state index is 0.0301. The van der Waals surface area contributed by atoms with Gasteiger partial charge >= 0.3 is 6.29 Å². The lowest BCUT2D eigenvalue weighted by Crippen LogP contribution is -2.16. The van der Waals surface area contributed by atoms with Crippen molar-refractivity contribution < 1.29 is 18.3 Å². The Labute approximate surface area is 75.1 Å². The Bertz CT molecular complexity index is 275. The molecule has 0 atom stereocenters. The van der Waals surface area contributed by atoms with E-state index in [1.165, 1.54) is 0 Å². The summed E-state index contributed by atoms with van der Waals surface area (Å²) in [5, 5.41) is 0. The Hall–Kier alpha value is -1.32. The van der Waals surface area contributed by atoms with Crippen LogP contribution in [0.5, 0.6) is 0 Å². The number of halogens is 2. The number of hydrogen-bond donors (Lipinski definition) is 0. The standard InChI is InChI=1S/C9H10F2O2/c1-5(2)7-8(6(3)4)13-9(10,11)12-7/h1,3H2,2,4H3. The van der Waals surface area contributed by atoms with Crippen molar-refractivity contribution in [2.75, 3.05) is 0 Å². The number of hydrogen-bond acceptors (Lipinski definition) is 2. The van der Waals surface area contributed by atoms with Gasteiger partial charge in [0.15, 0.2) is 11.5 Å². The topological polar surface area (TPSA) is 18.5 Å². The Morgan fingerprint density at radius 1 is 1.08 bits per heavy atom. The summed E-state index contributed by atoms with van der Waals surface area (Å²) in [6.45, 7) is 10.1. The van der Waals surface area contributed by atoms with Crippen molar-refractivity contribution in [3.05, 3.63) is 35.8 Å². The molecule has 0 aromatic rings. The number of allylic oxidation sites excluding steroid dienone is 2. The van der Waals surface area contributed by atoms with Crippen LogP contribution >= 0.6 is 0 Å². The second-order valence-corrected chi connectivity index (χ2v) is 2.89. The molecule has 1 rings (SSSR count). The van der Waals surface area contributed by atoms with Crippen LogP contribution < -0.4 is 0 Å². The van der Waals surface area contributed by atoms with Gasteiger partial charge in [-0.1, -0.05) is 13.2 Å². The van der Waals surface area contributed by atoms with Crippen molar-refractivity contribution in [2.45, 2.75) is 20.1 Å². The first-order valence-electron chi connectivity index (χ1n) is 3.65. The summed E-state index contributed by atoms with van der Waals surface area (Å²) in [5.41, 5.74) is 0.769. The highest BCUT2D eigenvalue weighted by molar-refractivity contribution is 5.35. The third-order valence-corrected chi connectivity index (χ3v) is 1.42. The zero-order chi connectivity index (χ0) is 10.2. The molecule has 72 valence electrons.